The summed E-state index contributed by atoms with van der Waals surface area (Å²) in [5.74, 6) is 5.68. The van der Waals surface area contributed by atoms with Gasteiger partial charge in [-0.1, -0.05) is 36.2 Å². The van der Waals surface area contributed by atoms with E-state index in [9.17, 15) is 0 Å². The summed E-state index contributed by atoms with van der Waals surface area (Å²) >= 11 is 12.0. The van der Waals surface area contributed by atoms with Gasteiger partial charge in [-0.15, -0.1) is 0 Å². The summed E-state index contributed by atoms with van der Waals surface area (Å²) in [7, 11) is 0. The zero-order chi connectivity index (χ0) is 13.8. The maximum atomic E-state index is 6.05. The van der Waals surface area contributed by atoms with Crippen molar-refractivity contribution < 1.29 is 0 Å². The van der Waals surface area contributed by atoms with Gasteiger partial charge in [0.25, 0.3) is 0 Å². The van der Waals surface area contributed by atoms with Crippen molar-refractivity contribution in [1.82, 2.24) is 15.2 Å². The maximum Gasteiger partial charge on any atom is 0.0878 e. The summed E-state index contributed by atoms with van der Waals surface area (Å²) in [6.45, 7) is 2.96. The Bertz CT molecular complexity index is 553. The monoisotopic (exact) mass is 298 g/mol. The molecule has 0 aliphatic heterocycles. The minimum Gasteiger partial charge on any atom is -0.271 e. The highest BCUT2D eigenvalue weighted by Gasteiger charge is 2.17. The second-order valence-corrected chi connectivity index (χ2v) is 5.07. The van der Waals surface area contributed by atoms with Crippen molar-refractivity contribution in [2.75, 3.05) is 0 Å². The summed E-state index contributed by atoms with van der Waals surface area (Å²) in [6.07, 6.45) is 2.78. The average Bonchev–Trinajstić information content (AvgIpc) is 2.83. The lowest BCUT2D eigenvalue weighted by molar-refractivity contribution is 0.521. The Kier molecular flexibility index (Phi) is 4.82. The highest BCUT2D eigenvalue weighted by Crippen LogP contribution is 2.28. The minimum atomic E-state index is -0.163. The lowest BCUT2D eigenvalue weighted by Gasteiger charge is -2.18. The van der Waals surface area contributed by atoms with Crippen molar-refractivity contribution in [3.63, 3.8) is 0 Å². The molecule has 0 radical (unpaired) electrons. The number of benzene rings is 1. The van der Waals surface area contributed by atoms with Gasteiger partial charge in [0.2, 0.25) is 0 Å². The molecule has 4 nitrogen and oxygen atoms in total. The van der Waals surface area contributed by atoms with Crippen LogP contribution in [0.15, 0.2) is 30.5 Å². The lowest BCUT2D eigenvalue weighted by Crippen LogP contribution is -2.30. The molecule has 19 heavy (non-hydrogen) atoms. The van der Waals surface area contributed by atoms with Gasteiger partial charge in [0.05, 0.1) is 21.8 Å². The van der Waals surface area contributed by atoms with Crippen LogP contribution in [0.3, 0.4) is 0 Å². The molecule has 0 aliphatic carbocycles. The second-order valence-electron chi connectivity index (χ2n) is 4.25. The number of rotatable bonds is 5. The van der Waals surface area contributed by atoms with Crippen LogP contribution in [0.1, 0.15) is 30.6 Å². The molecule has 0 fully saturated rings. The Hall–Kier alpha value is -1.07. The molecule has 1 unspecified atom stereocenters. The van der Waals surface area contributed by atoms with Gasteiger partial charge < -0.3 is 0 Å². The molecule has 0 spiro atoms. The standard InChI is InChI=1S/C13H16Cl2N4/c1-2-7-19-12(5-6-17-19)13(18-16)9-3-4-10(14)11(15)8-9/h3-6,8,13,18H,2,7,16H2,1H3. The van der Waals surface area contributed by atoms with Crippen LogP contribution < -0.4 is 11.3 Å². The van der Waals surface area contributed by atoms with Crippen LogP contribution in [0, 0.1) is 0 Å². The van der Waals surface area contributed by atoms with E-state index in [1.807, 2.05) is 22.9 Å². The summed E-state index contributed by atoms with van der Waals surface area (Å²) in [5, 5.41) is 5.35. The molecule has 0 saturated heterocycles. The van der Waals surface area contributed by atoms with Crippen molar-refractivity contribution >= 4 is 23.2 Å². The molecule has 2 aromatic rings. The molecule has 102 valence electrons. The van der Waals surface area contributed by atoms with E-state index in [4.69, 9.17) is 29.0 Å². The van der Waals surface area contributed by atoms with Crippen molar-refractivity contribution in [1.29, 1.82) is 0 Å². The molecular formula is C13H16Cl2N4. The normalized spacial score (nSPS) is 12.6. The van der Waals surface area contributed by atoms with Gasteiger partial charge in [0, 0.05) is 12.7 Å². The van der Waals surface area contributed by atoms with Gasteiger partial charge in [-0.25, -0.2) is 5.43 Å². The predicted octanol–water partition coefficient (Wildman–Crippen LogP) is 3.15. The lowest BCUT2D eigenvalue weighted by atomic mass is 10.0. The largest absolute Gasteiger partial charge is 0.271 e. The fourth-order valence-electron chi connectivity index (χ4n) is 2.03. The molecule has 0 saturated carbocycles. The van der Waals surface area contributed by atoms with Gasteiger partial charge in [-0.3, -0.25) is 10.5 Å². The molecule has 1 atom stereocenters. The predicted molar refractivity (Wildman–Crippen MR) is 78.1 cm³/mol. The van der Waals surface area contributed by atoms with Crippen LogP contribution in [-0.2, 0) is 6.54 Å². The van der Waals surface area contributed by atoms with E-state index >= 15 is 0 Å². The second kappa shape index (κ2) is 6.39. The van der Waals surface area contributed by atoms with Gasteiger partial charge in [0.15, 0.2) is 0 Å². The molecule has 3 N–H and O–H groups in total. The summed E-state index contributed by atoms with van der Waals surface area (Å²) in [5.41, 5.74) is 4.76. The molecule has 2 rings (SSSR count). The highest BCUT2D eigenvalue weighted by molar-refractivity contribution is 6.42. The summed E-state index contributed by atoms with van der Waals surface area (Å²) in [6, 6.07) is 7.27. The molecular weight excluding hydrogens is 283 g/mol. The van der Waals surface area contributed by atoms with Crippen molar-refractivity contribution in [2.45, 2.75) is 25.9 Å². The van der Waals surface area contributed by atoms with E-state index in [0.29, 0.717) is 10.0 Å². The topological polar surface area (TPSA) is 55.9 Å². The third-order valence-electron chi connectivity index (χ3n) is 2.92. The van der Waals surface area contributed by atoms with E-state index in [2.05, 4.69) is 17.4 Å². The van der Waals surface area contributed by atoms with Crippen molar-refractivity contribution in [3.8, 4) is 0 Å². The Balaban J connectivity index is 2.38. The minimum absolute atomic E-state index is 0.163. The molecule has 6 heteroatoms. The van der Waals surface area contributed by atoms with Crippen LogP contribution in [0.5, 0.6) is 0 Å². The van der Waals surface area contributed by atoms with Crippen LogP contribution >= 0.6 is 23.2 Å². The van der Waals surface area contributed by atoms with Crippen LogP contribution in [0.2, 0.25) is 10.0 Å². The number of nitrogens with zero attached hydrogens (tertiary/aromatic N) is 2. The summed E-state index contributed by atoms with van der Waals surface area (Å²) in [4.78, 5) is 0. The molecule has 0 bridgehead atoms. The molecule has 0 aliphatic rings. The van der Waals surface area contributed by atoms with Crippen molar-refractivity contribution in [2.24, 2.45) is 5.84 Å². The molecule has 1 aromatic heterocycles. The molecule has 0 amide bonds. The highest BCUT2D eigenvalue weighted by atomic mass is 35.5. The first-order chi connectivity index (χ1) is 9.17. The van der Waals surface area contributed by atoms with Crippen LogP contribution in [0.4, 0.5) is 0 Å². The van der Waals surface area contributed by atoms with Gasteiger partial charge in [-0.2, -0.15) is 5.10 Å². The fraction of sp³-hybridized carbons (Fsp3) is 0.308. The Morgan fingerprint density at radius 2 is 2.11 bits per heavy atom. The van der Waals surface area contributed by atoms with Crippen molar-refractivity contribution in [3.05, 3.63) is 51.8 Å². The molecule has 1 heterocycles. The Labute approximate surface area is 122 Å². The van der Waals surface area contributed by atoms with Gasteiger partial charge in [-0.05, 0) is 30.2 Å². The third-order valence-corrected chi connectivity index (χ3v) is 3.66. The first-order valence-corrected chi connectivity index (χ1v) is 6.85. The van der Waals surface area contributed by atoms with E-state index in [1.165, 1.54) is 0 Å². The number of nitrogens with one attached hydrogen (secondary N) is 1. The average molecular weight is 299 g/mol. The number of hydrogen-bond acceptors (Lipinski definition) is 3. The number of aromatic nitrogens is 2. The fourth-order valence-corrected chi connectivity index (χ4v) is 2.34. The molecule has 1 aromatic carbocycles. The number of halogens is 2. The van der Waals surface area contributed by atoms with E-state index in [-0.39, 0.29) is 6.04 Å². The summed E-state index contributed by atoms with van der Waals surface area (Å²) < 4.78 is 1.94. The zero-order valence-electron chi connectivity index (χ0n) is 10.6. The van der Waals surface area contributed by atoms with Gasteiger partial charge >= 0.3 is 0 Å². The van der Waals surface area contributed by atoms with E-state index in [1.54, 1.807) is 12.3 Å². The first-order valence-electron chi connectivity index (χ1n) is 6.10. The van der Waals surface area contributed by atoms with Gasteiger partial charge in [0.1, 0.15) is 0 Å². The third kappa shape index (κ3) is 3.09. The van der Waals surface area contributed by atoms with Crippen LogP contribution in [0.25, 0.3) is 0 Å². The number of nitrogens with two attached hydrogens (primary N) is 1. The Morgan fingerprint density at radius 1 is 1.32 bits per heavy atom. The smallest absolute Gasteiger partial charge is 0.0878 e. The quantitative estimate of drug-likeness (QED) is 0.658. The van der Waals surface area contributed by atoms with E-state index in [0.717, 1.165) is 24.2 Å². The zero-order valence-corrected chi connectivity index (χ0v) is 12.1. The van der Waals surface area contributed by atoms with E-state index < -0.39 is 0 Å². The number of hydrazine groups is 1. The Morgan fingerprint density at radius 3 is 2.74 bits per heavy atom. The maximum absolute atomic E-state index is 6.05. The number of aryl methyl sites for hydroxylation is 1. The van der Waals surface area contributed by atoms with Crippen LogP contribution in [-0.4, -0.2) is 9.78 Å². The first kappa shape index (κ1) is 14.3. The SMILES string of the molecule is CCCn1nccc1C(NN)c1ccc(Cl)c(Cl)c1. The number of hydrogen-bond donors (Lipinski definition) is 2.